The van der Waals surface area contributed by atoms with Crippen LogP contribution in [0.5, 0.6) is 0 Å². The minimum absolute atomic E-state index is 0.00261. The molecule has 0 aromatic heterocycles. The van der Waals surface area contributed by atoms with Crippen LogP contribution >= 0.6 is 11.6 Å². The van der Waals surface area contributed by atoms with Gasteiger partial charge in [-0.2, -0.15) is 0 Å². The zero-order chi connectivity index (χ0) is 17.9. The lowest BCUT2D eigenvalue weighted by atomic mass is 9.71. The molecule has 1 saturated carbocycles. The second-order valence-corrected chi connectivity index (χ2v) is 13.8. The number of alkyl halides is 1. The number of rotatable bonds is 5. The van der Waals surface area contributed by atoms with Crippen molar-refractivity contribution in [2.75, 3.05) is 5.88 Å². The summed E-state index contributed by atoms with van der Waals surface area (Å²) in [4.78, 5) is 0. The predicted molar refractivity (Wildman–Crippen MR) is 91.4 cm³/mol. The number of aliphatic hydroxyl groups is 2. The molecule has 4 bridgehead atoms. The van der Waals surface area contributed by atoms with Gasteiger partial charge in [-0.3, -0.25) is 0 Å². The summed E-state index contributed by atoms with van der Waals surface area (Å²) in [5, 5.41) is 21.9. The summed E-state index contributed by atoms with van der Waals surface area (Å²) in [7, 11) is -2.14. The van der Waals surface area contributed by atoms with Gasteiger partial charge >= 0.3 is 0 Å². The van der Waals surface area contributed by atoms with E-state index in [1.807, 2.05) is 0 Å². The van der Waals surface area contributed by atoms with Gasteiger partial charge in [-0.15, -0.1) is 11.6 Å². The monoisotopic (exact) mass is 380 g/mol. The van der Waals surface area contributed by atoms with Crippen LogP contribution in [-0.4, -0.2) is 67.0 Å². The normalized spacial score (nSPS) is 45.0. The van der Waals surface area contributed by atoms with Gasteiger partial charge in [0.05, 0.1) is 0 Å². The van der Waals surface area contributed by atoms with Gasteiger partial charge in [-0.05, 0) is 31.0 Å². The van der Waals surface area contributed by atoms with Crippen molar-refractivity contribution in [2.45, 2.75) is 94.3 Å². The van der Waals surface area contributed by atoms with Crippen LogP contribution in [0.4, 0.5) is 0 Å². The first-order valence-corrected chi connectivity index (χ1v) is 12.1. The van der Waals surface area contributed by atoms with Crippen molar-refractivity contribution >= 4 is 19.9 Å². The van der Waals surface area contributed by atoms with Gasteiger partial charge in [0, 0.05) is 5.88 Å². The van der Waals surface area contributed by atoms with Crippen molar-refractivity contribution in [3.63, 3.8) is 0 Å². The quantitative estimate of drug-likeness (QED) is 0.561. The maximum Gasteiger partial charge on any atom is 0.273 e. The van der Waals surface area contributed by atoms with Crippen LogP contribution in [0.2, 0.25) is 18.1 Å². The molecule has 0 aromatic rings. The second kappa shape index (κ2) is 6.16. The molecular formula is C16H29ClO6Si. The van der Waals surface area contributed by atoms with E-state index in [1.54, 1.807) is 0 Å². The zero-order valence-electron chi connectivity index (χ0n) is 15.0. The average molecular weight is 381 g/mol. The second-order valence-electron chi connectivity index (χ2n) is 8.62. The lowest BCUT2D eigenvalue weighted by molar-refractivity contribution is -0.499. The summed E-state index contributed by atoms with van der Waals surface area (Å²) in [6, 6.07) is 0. The molecule has 4 fully saturated rings. The fraction of sp³-hybridized carbons (Fsp3) is 1.00. The summed E-state index contributed by atoms with van der Waals surface area (Å²) >= 11 is 5.81. The van der Waals surface area contributed by atoms with Crippen LogP contribution in [0.25, 0.3) is 0 Å². The molecule has 24 heavy (non-hydrogen) atoms. The predicted octanol–water partition coefficient (Wildman–Crippen LogP) is 1.97. The summed E-state index contributed by atoms with van der Waals surface area (Å²) < 4.78 is 23.5. The zero-order valence-corrected chi connectivity index (χ0v) is 16.7. The smallest absolute Gasteiger partial charge is 0.273 e. The summed E-state index contributed by atoms with van der Waals surface area (Å²) in [6.45, 7) is 9.88. The van der Waals surface area contributed by atoms with Gasteiger partial charge in [0.15, 0.2) is 8.32 Å². The van der Waals surface area contributed by atoms with Crippen molar-refractivity contribution in [2.24, 2.45) is 0 Å². The topological polar surface area (TPSA) is 77.4 Å². The van der Waals surface area contributed by atoms with Crippen LogP contribution in [0.3, 0.4) is 0 Å². The minimum atomic E-state index is -2.14. The lowest BCUT2D eigenvalue weighted by Crippen LogP contribution is -2.81. The third-order valence-electron chi connectivity index (χ3n) is 5.99. The van der Waals surface area contributed by atoms with E-state index in [2.05, 4.69) is 33.9 Å². The molecule has 0 radical (unpaired) electrons. The summed E-state index contributed by atoms with van der Waals surface area (Å²) in [5.74, 6) is 0.426. The van der Waals surface area contributed by atoms with Gasteiger partial charge in [-0.25, -0.2) is 0 Å². The first-order chi connectivity index (χ1) is 11.0. The van der Waals surface area contributed by atoms with E-state index in [0.29, 0.717) is 18.7 Å². The van der Waals surface area contributed by atoms with Gasteiger partial charge in [0.25, 0.3) is 6.48 Å². The lowest BCUT2D eigenvalue weighted by Gasteiger charge is -2.63. The van der Waals surface area contributed by atoms with Crippen LogP contribution in [0.1, 0.15) is 33.6 Å². The van der Waals surface area contributed by atoms with Crippen LogP contribution < -0.4 is 0 Å². The van der Waals surface area contributed by atoms with Crippen LogP contribution in [-0.2, 0) is 18.6 Å². The minimum Gasteiger partial charge on any atom is -0.408 e. The number of halogens is 1. The maximum atomic E-state index is 11.3. The molecule has 3 aliphatic heterocycles. The largest absolute Gasteiger partial charge is 0.408 e. The number of ether oxygens (including phenoxy) is 3. The van der Waals surface area contributed by atoms with E-state index >= 15 is 0 Å². The Morgan fingerprint density at radius 1 is 1.17 bits per heavy atom. The molecule has 3 heterocycles. The first-order valence-electron chi connectivity index (χ1n) is 8.62. The van der Waals surface area contributed by atoms with Gasteiger partial charge in [0.2, 0.25) is 0 Å². The van der Waals surface area contributed by atoms with Crippen LogP contribution in [0, 0.1) is 0 Å². The van der Waals surface area contributed by atoms with Crippen LogP contribution in [0.15, 0.2) is 0 Å². The molecule has 140 valence electrons. The molecule has 0 aromatic carbocycles. The van der Waals surface area contributed by atoms with Gasteiger partial charge in [0.1, 0.15) is 36.1 Å². The molecule has 0 amide bonds. The van der Waals surface area contributed by atoms with Crippen molar-refractivity contribution < 1.29 is 28.8 Å². The van der Waals surface area contributed by atoms with Gasteiger partial charge < -0.3 is 28.8 Å². The van der Waals surface area contributed by atoms with E-state index < -0.39 is 50.9 Å². The highest BCUT2D eigenvalue weighted by Gasteiger charge is 2.69. The number of aliphatic hydroxyl groups excluding tert-OH is 1. The van der Waals surface area contributed by atoms with Crippen molar-refractivity contribution in [3.05, 3.63) is 0 Å². The van der Waals surface area contributed by atoms with Crippen molar-refractivity contribution in [3.8, 4) is 0 Å². The van der Waals surface area contributed by atoms with Gasteiger partial charge in [-0.1, -0.05) is 20.8 Å². The molecule has 4 rings (SSSR count). The Balaban J connectivity index is 1.90. The number of hydrogen-bond donors (Lipinski definition) is 2. The Bertz CT molecular complexity index is 484. The van der Waals surface area contributed by atoms with E-state index in [0.717, 1.165) is 0 Å². The first kappa shape index (κ1) is 19.0. The molecular weight excluding hydrogens is 352 g/mol. The summed E-state index contributed by atoms with van der Waals surface area (Å²) in [6.07, 6.45) is -2.33. The highest BCUT2D eigenvalue weighted by molar-refractivity contribution is 6.74. The molecule has 6 nitrogen and oxygen atoms in total. The Labute approximate surface area is 149 Å². The van der Waals surface area contributed by atoms with E-state index in [9.17, 15) is 10.2 Å². The van der Waals surface area contributed by atoms with E-state index in [4.69, 9.17) is 30.2 Å². The fourth-order valence-electron chi connectivity index (χ4n) is 3.58. The molecule has 7 atom stereocenters. The molecule has 1 aliphatic carbocycles. The molecule has 3 saturated heterocycles. The highest BCUT2D eigenvalue weighted by Crippen LogP contribution is 2.50. The SMILES string of the molecule is CC(C)(C)[Si](C)(C)O[C@@H]1[C@H]2O[C@H]3O[C@@H]([C@@H]2O)[C@@](O)(CCCCl)[C@H]1O3. The number of hydrogen-bond acceptors (Lipinski definition) is 6. The highest BCUT2D eigenvalue weighted by atomic mass is 35.5. The third kappa shape index (κ3) is 2.87. The Kier molecular flexibility index (Phi) is 4.89. The maximum absolute atomic E-state index is 11.3. The Hall–Kier alpha value is 0.267. The van der Waals surface area contributed by atoms with Crippen molar-refractivity contribution in [1.29, 1.82) is 0 Å². The third-order valence-corrected chi connectivity index (χ3v) is 10.7. The Morgan fingerprint density at radius 3 is 2.38 bits per heavy atom. The van der Waals surface area contributed by atoms with E-state index in [1.165, 1.54) is 0 Å². The molecule has 8 heteroatoms. The molecule has 2 N–H and O–H groups in total. The molecule has 0 unspecified atom stereocenters. The van der Waals surface area contributed by atoms with Crippen molar-refractivity contribution in [1.82, 2.24) is 0 Å². The summed E-state index contributed by atoms with van der Waals surface area (Å²) in [5.41, 5.74) is -1.32. The standard InChI is InChI=1S/C16H29ClO6Si/c1-15(2,3)24(4,5)23-11-10-9(18)12-16(19,7-6-8-17)13(11)22-14(20-10)21-12/h9-14,18-19H,6-8H2,1-5H3/t9-,10+,11-,12+,13+,14+,16+/m1/s1. The molecule has 4 aliphatic rings. The Morgan fingerprint density at radius 2 is 1.79 bits per heavy atom. The average Bonchev–Trinajstić information content (AvgIpc) is 2.47. The fourth-order valence-corrected chi connectivity index (χ4v) is 5.00. The van der Waals surface area contributed by atoms with E-state index in [-0.39, 0.29) is 5.04 Å². The molecule has 0 spiro atoms.